The van der Waals surface area contributed by atoms with Gasteiger partial charge in [0.25, 0.3) is 0 Å². The van der Waals surface area contributed by atoms with Gasteiger partial charge in [-0.2, -0.15) is 0 Å². The van der Waals surface area contributed by atoms with Crippen molar-refractivity contribution in [2.45, 2.75) is 0 Å². The van der Waals surface area contributed by atoms with Crippen molar-refractivity contribution in [3.63, 3.8) is 0 Å². The summed E-state index contributed by atoms with van der Waals surface area (Å²) < 4.78 is 5.33. The van der Waals surface area contributed by atoms with Gasteiger partial charge in [-0.15, -0.1) is 0 Å². The molecular weight excluding hydrogens is 236 g/mol. The highest BCUT2D eigenvalue weighted by Gasteiger charge is 2.09. The first-order chi connectivity index (χ1) is 9.42. The fraction of sp³-hybridized carbons (Fsp3) is 0.250. The van der Waals surface area contributed by atoms with E-state index in [0.29, 0.717) is 0 Å². The van der Waals surface area contributed by atoms with Crippen molar-refractivity contribution in [3.8, 4) is 11.1 Å². The number of benzene rings is 2. The molecule has 1 aliphatic rings. The minimum Gasteiger partial charge on any atom is -0.379 e. The molecule has 0 saturated carbocycles. The Morgan fingerprint density at radius 3 is 2.11 bits per heavy atom. The number of hydrogen-bond acceptors (Lipinski definition) is 3. The molecule has 0 aliphatic carbocycles. The Bertz CT molecular complexity index is 504. The van der Waals surface area contributed by atoms with Gasteiger partial charge >= 0.3 is 0 Å². The van der Waals surface area contributed by atoms with Crippen molar-refractivity contribution in [2.24, 2.45) is 0 Å². The Morgan fingerprint density at radius 1 is 0.789 bits per heavy atom. The van der Waals surface area contributed by atoms with Gasteiger partial charge in [-0.25, -0.2) is 5.01 Å². The zero-order valence-corrected chi connectivity index (χ0v) is 10.9. The molecule has 0 unspecified atom stereocenters. The molecule has 19 heavy (non-hydrogen) atoms. The summed E-state index contributed by atoms with van der Waals surface area (Å²) in [5.41, 5.74) is 7.03. The van der Waals surface area contributed by atoms with E-state index < -0.39 is 0 Å². The van der Waals surface area contributed by atoms with Crippen LogP contribution in [0.25, 0.3) is 11.1 Å². The first-order valence-electron chi connectivity index (χ1n) is 6.67. The molecule has 1 saturated heterocycles. The fourth-order valence-electron chi connectivity index (χ4n) is 2.23. The Hall–Kier alpha value is -1.84. The molecule has 3 heteroatoms. The van der Waals surface area contributed by atoms with Crippen molar-refractivity contribution in [3.05, 3.63) is 54.6 Å². The van der Waals surface area contributed by atoms with E-state index in [2.05, 4.69) is 59.0 Å². The molecule has 0 radical (unpaired) electrons. The summed E-state index contributed by atoms with van der Waals surface area (Å²) in [4.78, 5) is 0. The summed E-state index contributed by atoms with van der Waals surface area (Å²) in [5.74, 6) is 0. The van der Waals surface area contributed by atoms with Gasteiger partial charge < -0.3 is 10.2 Å². The molecule has 2 aromatic carbocycles. The molecule has 98 valence electrons. The lowest BCUT2D eigenvalue weighted by Crippen LogP contribution is -2.40. The zero-order chi connectivity index (χ0) is 12.9. The molecule has 0 spiro atoms. The highest BCUT2D eigenvalue weighted by molar-refractivity contribution is 5.65. The van der Waals surface area contributed by atoms with Crippen molar-refractivity contribution in [1.29, 1.82) is 0 Å². The number of rotatable bonds is 3. The van der Waals surface area contributed by atoms with Gasteiger partial charge in [-0.3, -0.25) is 0 Å². The zero-order valence-electron chi connectivity index (χ0n) is 10.9. The minimum atomic E-state index is 0.801. The normalized spacial score (nSPS) is 16.2. The number of hydrazine groups is 1. The molecule has 1 N–H and O–H groups in total. The van der Waals surface area contributed by atoms with Crippen LogP contribution in [-0.4, -0.2) is 31.3 Å². The van der Waals surface area contributed by atoms with E-state index >= 15 is 0 Å². The molecule has 2 aromatic rings. The van der Waals surface area contributed by atoms with E-state index in [0.717, 1.165) is 32.0 Å². The van der Waals surface area contributed by atoms with Crippen LogP contribution < -0.4 is 5.43 Å². The van der Waals surface area contributed by atoms with E-state index in [-0.39, 0.29) is 0 Å². The molecule has 1 fully saturated rings. The third-order valence-corrected chi connectivity index (χ3v) is 3.29. The number of nitrogens with zero attached hydrogens (tertiary/aromatic N) is 1. The highest BCUT2D eigenvalue weighted by Crippen LogP contribution is 2.21. The lowest BCUT2D eigenvalue weighted by molar-refractivity contribution is 0.0497. The summed E-state index contributed by atoms with van der Waals surface area (Å²) in [6.07, 6.45) is 0. The van der Waals surface area contributed by atoms with Gasteiger partial charge in [0.1, 0.15) is 0 Å². The van der Waals surface area contributed by atoms with Gasteiger partial charge in [0.2, 0.25) is 0 Å². The summed E-state index contributed by atoms with van der Waals surface area (Å²) in [7, 11) is 0. The second kappa shape index (κ2) is 5.87. The van der Waals surface area contributed by atoms with Crippen LogP contribution >= 0.6 is 0 Å². The van der Waals surface area contributed by atoms with E-state index in [4.69, 9.17) is 4.74 Å². The first kappa shape index (κ1) is 12.2. The first-order valence-corrected chi connectivity index (χ1v) is 6.67. The quantitative estimate of drug-likeness (QED) is 0.911. The second-order valence-electron chi connectivity index (χ2n) is 4.65. The SMILES string of the molecule is c1ccc(-c2ccc(NN3CCOCC3)cc2)cc1. The Balaban J connectivity index is 1.68. The van der Waals surface area contributed by atoms with Crippen LogP contribution in [0.5, 0.6) is 0 Å². The van der Waals surface area contributed by atoms with E-state index in [1.54, 1.807) is 0 Å². The number of hydrogen-bond donors (Lipinski definition) is 1. The van der Waals surface area contributed by atoms with Gasteiger partial charge in [-0.1, -0.05) is 42.5 Å². The standard InChI is InChI=1S/C16H18N2O/c1-2-4-14(5-3-1)15-6-8-16(9-7-15)17-18-10-12-19-13-11-18/h1-9,17H,10-13H2. The molecule has 1 aliphatic heterocycles. The second-order valence-corrected chi connectivity index (χ2v) is 4.65. The maximum Gasteiger partial charge on any atom is 0.0612 e. The van der Waals surface area contributed by atoms with Crippen LogP contribution in [0.15, 0.2) is 54.6 Å². The Labute approximate surface area is 113 Å². The minimum absolute atomic E-state index is 0.801. The summed E-state index contributed by atoms with van der Waals surface area (Å²) >= 11 is 0. The average molecular weight is 254 g/mol. The molecule has 3 nitrogen and oxygen atoms in total. The number of ether oxygens (including phenoxy) is 1. The van der Waals surface area contributed by atoms with E-state index in [9.17, 15) is 0 Å². The maximum atomic E-state index is 5.33. The molecule has 0 amide bonds. The van der Waals surface area contributed by atoms with Crippen LogP contribution in [0.2, 0.25) is 0 Å². The van der Waals surface area contributed by atoms with Crippen LogP contribution in [-0.2, 0) is 4.74 Å². The molecule has 0 bridgehead atoms. The highest BCUT2D eigenvalue weighted by atomic mass is 16.5. The molecular formula is C16H18N2O. The Kier molecular flexibility index (Phi) is 3.77. The largest absolute Gasteiger partial charge is 0.379 e. The third kappa shape index (κ3) is 3.13. The predicted molar refractivity (Wildman–Crippen MR) is 77.9 cm³/mol. The lowest BCUT2D eigenvalue weighted by Gasteiger charge is -2.28. The number of anilines is 1. The van der Waals surface area contributed by atoms with Gasteiger partial charge in [0.05, 0.1) is 13.2 Å². The molecule has 3 rings (SSSR count). The maximum absolute atomic E-state index is 5.33. The van der Waals surface area contributed by atoms with Crippen molar-refractivity contribution in [2.75, 3.05) is 31.7 Å². The molecule has 0 atom stereocenters. The lowest BCUT2D eigenvalue weighted by atomic mass is 10.1. The van der Waals surface area contributed by atoms with Crippen molar-refractivity contribution >= 4 is 5.69 Å². The number of morpholine rings is 1. The van der Waals surface area contributed by atoms with Gasteiger partial charge in [0.15, 0.2) is 0 Å². The van der Waals surface area contributed by atoms with Crippen LogP contribution in [0.1, 0.15) is 0 Å². The average Bonchev–Trinajstić information content (AvgIpc) is 2.50. The van der Waals surface area contributed by atoms with E-state index in [1.165, 1.54) is 11.1 Å². The smallest absolute Gasteiger partial charge is 0.0612 e. The van der Waals surface area contributed by atoms with Crippen LogP contribution in [0, 0.1) is 0 Å². The monoisotopic (exact) mass is 254 g/mol. The van der Waals surface area contributed by atoms with Crippen LogP contribution in [0.4, 0.5) is 5.69 Å². The van der Waals surface area contributed by atoms with Crippen molar-refractivity contribution in [1.82, 2.24) is 5.01 Å². The fourth-order valence-corrected chi connectivity index (χ4v) is 2.23. The summed E-state index contributed by atoms with van der Waals surface area (Å²) in [5, 5.41) is 2.20. The third-order valence-electron chi connectivity index (χ3n) is 3.29. The molecule has 1 heterocycles. The summed E-state index contributed by atoms with van der Waals surface area (Å²) in [6.45, 7) is 3.46. The van der Waals surface area contributed by atoms with Gasteiger partial charge in [0, 0.05) is 18.8 Å². The topological polar surface area (TPSA) is 24.5 Å². The predicted octanol–water partition coefficient (Wildman–Crippen LogP) is 3.01. The van der Waals surface area contributed by atoms with Crippen molar-refractivity contribution < 1.29 is 4.74 Å². The Morgan fingerprint density at radius 2 is 1.42 bits per heavy atom. The number of nitrogens with one attached hydrogen (secondary N) is 1. The van der Waals surface area contributed by atoms with Gasteiger partial charge in [-0.05, 0) is 23.3 Å². The molecule has 0 aromatic heterocycles. The van der Waals surface area contributed by atoms with Crippen LogP contribution in [0.3, 0.4) is 0 Å². The summed E-state index contributed by atoms with van der Waals surface area (Å²) in [6, 6.07) is 19.0. The van der Waals surface area contributed by atoms with E-state index in [1.807, 2.05) is 6.07 Å².